The van der Waals surface area contributed by atoms with Crippen LogP contribution in [-0.2, 0) is 0 Å². The third kappa shape index (κ3) is 4.44. The van der Waals surface area contributed by atoms with Gasteiger partial charge in [-0.2, -0.15) is 5.10 Å². The molecule has 0 radical (unpaired) electrons. The lowest BCUT2D eigenvalue weighted by atomic mass is 10.2. The molecule has 0 saturated heterocycles. The minimum atomic E-state index is 0.0781. The Balaban J connectivity index is 1.66. The van der Waals surface area contributed by atoms with Crippen LogP contribution in [0.2, 0.25) is 0 Å². The largest absolute Gasteiger partial charge is 0.504 e. The Kier molecular flexibility index (Phi) is 5.66. The van der Waals surface area contributed by atoms with E-state index in [2.05, 4.69) is 15.5 Å². The molecule has 0 bridgehead atoms. The first kappa shape index (κ1) is 19.1. The van der Waals surface area contributed by atoms with Crippen molar-refractivity contribution >= 4 is 28.6 Å². The van der Waals surface area contributed by atoms with Crippen LogP contribution in [0, 0.1) is 0 Å². The SMILES string of the molecule is COc1cc(C=NNC(=Nc2ccccc2)c2ccc3ccccc3n2)ccc1O. The lowest BCUT2D eigenvalue weighted by molar-refractivity contribution is 0.373. The van der Waals surface area contributed by atoms with Crippen LogP contribution < -0.4 is 10.2 Å². The number of ether oxygens (including phenoxy) is 1. The first-order chi connectivity index (χ1) is 14.7. The zero-order valence-corrected chi connectivity index (χ0v) is 16.4. The number of hydrogen-bond donors (Lipinski definition) is 2. The highest BCUT2D eigenvalue weighted by Gasteiger charge is 2.07. The zero-order valence-electron chi connectivity index (χ0n) is 16.4. The van der Waals surface area contributed by atoms with E-state index in [-0.39, 0.29) is 5.75 Å². The summed E-state index contributed by atoms with van der Waals surface area (Å²) in [6.07, 6.45) is 1.63. The number of phenols is 1. The van der Waals surface area contributed by atoms with Gasteiger partial charge in [-0.05, 0) is 48.0 Å². The molecule has 0 amide bonds. The average molecular weight is 396 g/mol. The number of methoxy groups -OCH3 is 1. The molecule has 0 spiro atoms. The van der Waals surface area contributed by atoms with Crippen LogP contribution in [0.4, 0.5) is 5.69 Å². The maximum absolute atomic E-state index is 9.74. The Labute approximate surface area is 174 Å². The Morgan fingerprint density at radius 3 is 2.60 bits per heavy atom. The lowest BCUT2D eigenvalue weighted by Gasteiger charge is -2.07. The monoisotopic (exact) mass is 396 g/mol. The number of nitrogens with one attached hydrogen (secondary N) is 1. The molecule has 1 aromatic heterocycles. The number of benzene rings is 3. The third-order valence-corrected chi connectivity index (χ3v) is 4.43. The molecule has 6 nitrogen and oxygen atoms in total. The van der Waals surface area contributed by atoms with Crippen molar-refractivity contribution in [2.75, 3.05) is 7.11 Å². The number of hydrazone groups is 1. The van der Waals surface area contributed by atoms with E-state index in [1.54, 1.807) is 24.4 Å². The number of aromatic nitrogens is 1. The van der Waals surface area contributed by atoms with Gasteiger partial charge in [0.1, 0.15) is 5.69 Å². The smallest absolute Gasteiger partial charge is 0.173 e. The van der Waals surface area contributed by atoms with Crippen molar-refractivity contribution < 1.29 is 9.84 Å². The maximum atomic E-state index is 9.74. The van der Waals surface area contributed by atoms with Crippen LogP contribution in [0.3, 0.4) is 0 Å². The van der Waals surface area contributed by atoms with Gasteiger partial charge in [0.2, 0.25) is 0 Å². The second-order valence-electron chi connectivity index (χ2n) is 6.49. The molecule has 0 aliphatic carbocycles. The molecule has 0 aliphatic rings. The Bertz CT molecular complexity index is 1220. The Hall–Kier alpha value is -4.19. The highest BCUT2D eigenvalue weighted by molar-refractivity contribution is 6.00. The van der Waals surface area contributed by atoms with Gasteiger partial charge in [-0.3, -0.25) is 5.43 Å². The van der Waals surface area contributed by atoms with E-state index < -0.39 is 0 Å². The van der Waals surface area contributed by atoms with E-state index in [1.807, 2.05) is 66.7 Å². The predicted molar refractivity (Wildman–Crippen MR) is 120 cm³/mol. The summed E-state index contributed by atoms with van der Waals surface area (Å²) in [5.74, 6) is 0.983. The molecule has 2 N–H and O–H groups in total. The molecule has 0 aliphatic heterocycles. The summed E-state index contributed by atoms with van der Waals surface area (Å²) in [4.78, 5) is 9.40. The molecule has 1 heterocycles. The van der Waals surface area contributed by atoms with Gasteiger partial charge >= 0.3 is 0 Å². The van der Waals surface area contributed by atoms with Crippen molar-refractivity contribution in [3.05, 3.63) is 96.2 Å². The fourth-order valence-corrected chi connectivity index (χ4v) is 2.91. The molecule has 30 heavy (non-hydrogen) atoms. The molecule has 4 rings (SSSR count). The lowest BCUT2D eigenvalue weighted by Crippen LogP contribution is -2.20. The van der Waals surface area contributed by atoms with Gasteiger partial charge in [0.05, 0.1) is 24.5 Å². The van der Waals surface area contributed by atoms with Gasteiger partial charge in [0, 0.05) is 5.39 Å². The topological polar surface area (TPSA) is 79.1 Å². The van der Waals surface area contributed by atoms with E-state index in [0.717, 1.165) is 22.2 Å². The number of nitrogens with zero attached hydrogens (tertiary/aromatic N) is 3. The highest BCUT2D eigenvalue weighted by Crippen LogP contribution is 2.25. The molecule has 0 fully saturated rings. The van der Waals surface area contributed by atoms with Gasteiger partial charge in [0.15, 0.2) is 17.3 Å². The molecule has 6 heteroatoms. The number of amidine groups is 1. The molecule has 3 aromatic carbocycles. The molecule has 0 saturated carbocycles. The summed E-state index contributed by atoms with van der Waals surface area (Å²) in [7, 11) is 1.50. The van der Waals surface area contributed by atoms with Gasteiger partial charge in [-0.15, -0.1) is 0 Å². The summed E-state index contributed by atoms with van der Waals surface area (Å²) in [6.45, 7) is 0. The molecular formula is C24H20N4O2. The minimum absolute atomic E-state index is 0.0781. The minimum Gasteiger partial charge on any atom is -0.504 e. The van der Waals surface area contributed by atoms with Gasteiger partial charge in [-0.1, -0.05) is 42.5 Å². The number of rotatable bonds is 5. The Morgan fingerprint density at radius 2 is 1.77 bits per heavy atom. The zero-order chi connectivity index (χ0) is 20.8. The van der Waals surface area contributed by atoms with E-state index >= 15 is 0 Å². The van der Waals surface area contributed by atoms with Crippen LogP contribution in [0.15, 0.2) is 95.0 Å². The number of phenolic OH excluding ortho intramolecular Hbond substituents is 1. The predicted octanol–water partition coefficient (Wildman–Crippen LogP) is 4.65. The van der Waals surface area contributed by atoms with Crippen LogP contribution in [-0.4, -0.2) is 29.3 Å². The Morgan fingerprint density at radius 1 is 0.967 bits per heavy atom. The quantitative estimate of drug-likeness (QED) is 0.292. The second kappa shape index (κ2) is 8.87. The van der Waals surface area contributed by atoms with Gasteiger partial charge < -0.3 is 9.84 Å². The number of fused-ring (bicyclic) bond motifs is 1. The number of pyridine rings is 1. The van der Waals surface area contributed by atoms with Crippen molar-refractivity contribution in [1.82, 2.24) is 10.4 Å². The molecule has 148 valence electrons. The first-order valence-electron chi connectivity index (χ1n) is 9.39. The summed E-state index contributed by atoms with van der Waals surface area (Å²) in [5, 5.41) is 15.1. The normalized spacial score (nSPS) is 11.7. The highest BCUT2D eigenvalue weighted by atomic mass is 16.5. The number of aliphatic imine (C=N–C) groups is 1. The van der Waals surface area contributed by atoms with Crippen molar-refractivity contribution in [2.24, 2.45) is 10.1 Å². The maximum Gasteiger partial charge on any atom is 0.173 e. The van der Waals surface area contributed by atoms with Crippen molar-refractivity contribution in [1.29, 1.82) is 0 Å². The number of aromatic hydroxyl groups is 1. The fraction of sp³-hybridized carbons (Fsp3) is 0.0417. The third-order valence-electron chi connectivity index (χ3n) is 4.43. The van der Waals surface area contributed by atoms with E-state index in [1.165, 1.54) is 7.11 Å². The van der Waals surface area contributed by atoms with E-state index in [4.69, 9.17) is 9.72 Å². The summed E-state index contributed by atoms with van der Waals surface area (Å²) >= 11 is 0. The summed E-state index contributed by atoms with van der Waals surface area (Å²) < 4.78 is 5.14. The van der Waals surface area contributed by atoms with Crippen molar-refractivity contribution in [3.63, 3.8) is 0 Å². The van der Waals surface area contributed by atoms with Crippen LogP contribution in [0.5, 0.6) is 11.5 Å². The molecule has 0 atom stereocenters. The van der Waals surface area contributed by atoms with Crippen molar-refractivity contribution in [2.45, 2.75) is 0 Å². The van der Waals surface area contributed by atoms with E-state index in [9.17, 15) is 5.11 Å². The average Bonchev–Trinajstić information content (AvgIpc) is 2.80. The molecule has 0 unspecified atom stereocenters. The number of para-hydroxylation sites is 2. The second-order valence-corrected chi connectivity index (χ2v) is 6.49. The van der Waals surface area contributed by atoms with Gasteiger partial charge in [0.25, 0.3) is 0 Å². The fourth-order valence-electron chi connectivity index (χ4n) is 2.91. The van der Waals surface area contributed by atoms with Crippen LogP contribution in [0.25, 0.3) is 10.9 Å². The number of hydrogen-bond acceptors (Lipinski definition) is 5. The molecular weight excluding hydrogens is 376 g/mol. The summed E-state index contributed by atoms with van der Waals surface area (Å²) in [6, 6.07) is 26.5. The first-order valence-corrected chi connectivity index (χ1v) is 9.39. The van der Waals surface area contributed by atoms with Crippen molar-refractivity contribution in [3.8, 4) is 11.5 Å². The summed E-state index contributed by atoms with van der Waals surface area (Å²) in [5.41, 5.74) is 6.12. The van der Waals surface area contributed by atoms with Crippen LogP contribution >= 0.6 is 0 Å². The van der Waals surface area contributed by atoms with E-state index in [0.29, 0.717) is 17.3 Å². The molecule has 4 aromatic rings. The standard InChI is InChI=1S/C24H20N4O2/c1-30-23-15-17(11-14-22(23)29)16-25-28-24(26-19-8-3-2-4-9-19)21-13-12-18-7-5-6-10-20(18)27-21/h2-16,29H,1H3,(H,26,28). The van der Waals surface area contributed by atoms with Gasteiger partial charge in [-0.25, -0.2) is 9.98 Å². The van der Waals surface area contributed by atoms with Crippen LogP contribution in [0.1, 0.15) is 11.3 Å².